The second-order valence-electron chi connectivity index (χ2n) is 7.37. The first-order valence-electron chi connectivity index (χ1n) is 9.65. The van der Waals surface area contributed by atoms with Crippen LogP contribution in [0.1, 0.15) is 49.5 Å². The molecular weight excluding hydrogens is 330 g/mol. The summed E-state index contributed by atoms with van der Waals surface area (Å²) in [7, 11) is 0. The zero-order valence-corrected chi connectivity index (χ0v) is 15.6. The van der Waals surface area contributed by atoms with Crippen molar-refractivity contribution in [3.05, 3.63) is 29.3 Å². The Morgan fingerprint density at radius 1 is 1.04 bits per heavy atom. The van der Waals surface area contributed by atoms with Gasteiger partial charge in [-0.2, -0.15) is 0 Å². The number of aromatic nitrogens is 1. The highest BCUT2D eigenvalue weighted by molar-refractivity contribution is 7.18. The summed E-state index contributed by atoms with van der Waals surface area (Å²) in [6, 6.07) is 8.40. The van der Waals surface area contributed by atoms with Gasteiger partial charge in [-0.05, 0) is 50.9 Å². The molecule has 0 unspecified atom stereocenters. The van der Waals surface area contributed by atoms with Crippen LogP contribution in [0.2, 0.25) is 0 Å². The van der Waals surface area contributed by atoms with Crippen LogP contribution in [0.5, 0.6) is 0 Å². The summed E-state index contributed by atoms with van der Waals surface area (Å²) in [5, 5.41) is 1.28. The molecule has 2 aliphatic rings. The van der Waals surface area contributed by atoms with Crippen molar-refractivity contribution >= 4 is 27.5 Å². The van der Waals surface area contributed by atoms with Gasteiger partial charge >= 0.3 is 0 Å². The molecule has 0 atom stereocenters. The van der Waals surface area contributed by atoms with Crippen molar-refractivity contribution in [2.75, 3.05) is 32.7 Å². The van der Waals surface area contributed by atoms with E-state index in [1.54, 1.807) is 0 Å². The van der Waals surface area contributed by atoms with Crippen LogP contribution >= 0.6 is 11.3 Å². The summed E-state index contributed by atoms with van der Waals surface area (Å²) in [4.78, 5) is 21.8. The molecule has 1 aromatic heterocycles. The molecule has 0 aliphatic carbocycles. The fourth-order valence-electron chi connectivity index (χ4n) is 4.01. The second kappa shape index (κ2) is 7.83. The molecule has 5 heteroatoms. The van der Waals surface area contributed by atoms with Gasteiger partial charge in [-0.1, -0.05) is 25.0 Å². The predicted molar refractivity (Wildman–Crippen MR) is 103 cm³/mol. The maximum atomic E-state index is 12.6. The van der Waals surface area contributed by atoms with E-state index in [1.165, 1.54) is 35.4 Å². The van der Waals surface area contributed by atoms with Gasteiger partial charge in [0.15, 0.2) is 0 Å². The molecule has 0 spiro atoms. The zero-order valence-electron chi connectivity index (χ0n) is 14.8. The Bertz CT molecular complexity index is 680. The van der Waals surface area contributed by atoms with Crippen LogP contribution in [-0.2, 0) is 4.79 Å². The molecule has 0 N–H and O–H groups in total. The Balaban J connectivity index is 1.31. The van der Waals surface area contributed by atoms with Crippen LogP contribution in [-0.4, -0.2) is 53.4 Å². The Morgan fingerprint density at radius 3 is 2.48 bits per heavy atom. The van der Waals surface area contributed by atoms with E-state index in [9.17, 15) is 4.79 Å². The number of likely N-dealkylation sites (tertiary alicyclic amines) is 2. The molecule has 0 bridgehead atoms. The highest BCUT2D eigenvalue weighted by atomic mass is 32.1. The summed E-state index contributed by atoms with van der Waals surface area (Å²) in [6.45, 7) is 4.55. The Hall–Kier alpha value is -1.46. The van der Waals surface area contributed by atoms with Crippen molar-refractivity contribution in [3.63, 3.8) is 0 Å². The highest BCUT2D eigenvalue weighted by Crippen LogP contribution is 2.33. The van der Waals surface area contributed by atoms with Gasteiger partial charge in [-0.3, -0.25) is 9.69 Å². The summed E-state index contributed by atoms with van der Waals surface area (Å²) >= 11 is 1.84. The number of nitrogens with zero attached hydrogens (tertiary/aromatic N) is 3. The summed E-state index contributed by atoms with van der Waals surface area (Å²) in [5.41, 5.74) is 1.13. The third-order valence-electron chi connectivity index (χ3n) is 5.56. The smallest absolute Gasteiger partial charge is 0.236 e. The lowest BCUT2D eigenvalue weighted by molar-refractivity contribution is -0.132. The van der Waals surface area contributed by atoms with Crippen molar-refractivity contribution in [2.24, 2.45) is 0 Å². The molecule has 2 aliphatic heterocycles. The maximum absolute atomic E-state index is 12.6. The van der Waals surface area contributed by atoms with Gasteiger partial charge < -0.3 is 4.90 Å². The lowest BCUT2D eigenvalue weighted by Crippen LogP contribution is -2.43. The van der Waals surface area contributed by atoms with Crippen molar-refractivity contribution < 1.29 is 4.79 Å². The van der Waals surface area contributed by atoms with Crippen LogP contribution < -0.4 is 0 Å². The predicted octanol–water partition coefficient (Wildman–Crippen LogP) is 3.88. The molecule has 2 saturated heterocycles. The molecule has 1 aromatic carbocycles. The van der Waals surface area contributed by atoms with Crippen LogP contribution in [0, 0.1) is 0 Å². The molecule has 0 saturated carbocycles. The van der Waals surface area contributed by atoms with E-state index in [0.717, 1.165) is 44.5 Å². The van der Waals surface area contributed by atoms with Crippen LogP contribution in [0.15, 0.2) is 24.3 Å². The molecule has 4 rings (SSSR count). The highest BCUT2D eigenvalue weighted by Gasteiger charge is 2.26. The van der Waals surface area contributed by atoms with Gasteiger partial charge in [0.1, 0.15) is 0 Å². The number of piperidine rings is 1. The number of benzene rings is 1. The zero-order chi connectivity index (χ0) is 17.1. The van der Waals surface area contributed by atoms with E-state index < -0.39 is 0 Å². The second-order valence-corrected chi connectivity index (χ2v) is 8.43. The number of thiazole rings is 1. The molecule has 4 nitrogen and oxygen atoms in total. The van der Waals surface area contributed by atoms with E-state index in [0.29, 0.717) is 18.4 Å². The SMILES string of the molecule is O=C(CN1CCC(c2nc3ccccc3s2)CC1)N1CCCCCC1. The minimum atomic E-state index is 0.334. The number of carbonyl (C=O) groups excluding carboxylic acids is 1. The molecule has 2 fully saturated rings. The molecule has 25 heavy (non-hydrogen) atoms. The van der Waals surface area contributed by atoms with Crippen molar-refractivity contribution in [1.82, 2.24) is 14.8 Å². The van der Waals surface area contributed by atoms with Crippen molar-refractivity contribution in [2.45, 2.75) is 44.4 Å². The fourth-order valence-corrected chi connectivity index (χ4v) is 5.15. The fraction of sp³-hybridized carbons (Fsp3) is 0.600. The molecule has 0 radical (unpaired) electrons. The first kappa shape index (κ1) is 17.0. The number of fused-ring (bicyclic) bond motifs is 1. The number of para-hydroxylation sites is 1. The standard InChI is InChI=1S/C20H27N3OS/c24-19(23-11-5-1-2-6-12-23)15-22-13-9-16(10-14-22)20-21-17-7-3-4-8-18(17)25-20/h3-4,7-8,16H,1-2,5-6,9-15H2. The average Bonchev–Trinajstić information content (AvgIpc) is 2.88. The van der Waals surface area contributed by atoms with Crippen molar-refractivity contribution in [3.8, 4) is 0 Å². The summed E-state index contributed by atoms with van der Waals surface area (Å²) < 4.78 is 1.29. The van der Waals surface area contributed by atoms with Gasteiger partial charge in [-0.25, -0.2) is 4.98 Å². The molecule has 3 heterocycles. The number of rotatable bonds is 3. The van der Waals surface area contributed by atoms with Gasteiger partial charge in [0, 0.05) is 19.0 Å². The Morgan fingerprint density at radius 2 is 1.76 bits per heavy atom. The number of carbonyl (C=O) groups is 1. The molecule has 2 aromatic rings. The van der Waals surface area contributed by atoms with Gasteiger partial charge in [0.25, 0.3) is 0 Å². The number of hydrogen-bond donors (Lipinski definition) is 0. The first-order valence-corrected chi connectivity index (χ1v) is 10.5. The van der Waals surface area contributed by atoms with Crippen LogP contribution in [0.25, 0.3) is 10.2 Å². The normalized spacial score (nSPS) is 20.7. The van der Waals surface area contributed by atoms with E-state index >= 15 is 0 Å². The largest absolute Gasteiger partial charge is 0.342 e. The van der Waals surface area contributed by atoms with E-state index in [2.05, 4.69) is 34.1 Å². The van der Waals surface area contributed by atoms with Gasteiger partial charge in [-0.15, -0.1) is 11.3 Å². The van der Waals surface area contributed by atoms with Gasteiger partial charge in [0.05, 0.1) is 21.8 Å². The maximum Gasteiger partial charge on any atom is 0.236 e. The molecule has 1 amide bonds. The molecular formula is C20H27N3OS. The van der Waals surface area contributed by atoms with Crippen LogP contribution in [0.3, 0.4) is 0 Å². The quantitative estimate of drug-likeness (QED) is 0.836. The van der Waals surface area contributed by atoms with E-state index in [4.69, 9.17) is 4.98 Å². The van der Waals surface area contributed by atoms with E-state index in [1.807, 2.05) is 11.3 Å². The lowest BCUT2D eigenvalue weighted by atomic mass is 9.97. The van der Waals surface area contributed by atoms with Crippen molar-refractivity contribution in [1.29, 1.82) is 0 Å². The first-order chi connectivity index (χ1) is 12.3. The topological polar surface area (TPSA) is 36.4 Å². The minimum Gasteiger partial charge on any atom is -0.342 e. The summed E-state index contributed by atoms with van der Waals surface area (Å²) in [6.07, 6.45) is 7.13. The molecule has 134 valence electrons. The monoisotopic (exact) mass is 357 g/mol. The third-order valence-corrected chi connectivity index (χ3v) is 6.76. The number of amides is 1. The summed E-state index contributed by atoms with van der Waals surface area (Å²) in [5.74, 6) is 0.891. The Kier molecular flexibility index (Phi) is 5.32. The van der Waals surface area contributed by atoms with Crippen LogP contribution in [0.4, 0.5) is 0 Å². The third kappa shape index (κ3) is 4.04. The van der Waals surface area contributed by atoms with E-state index in [-0.39, 0.29) is 0 Å². The lowest BCUT2D eigenvalue weighted by Gasteiger charge is -2.32. The Labute approximate surface area is 153 Å². The minimum absolute atomic E-state index is 0.334. The average molecular weight is 358 g/mol. The number of hydrogen-bond acceptors (Lipinski definition) is 4. The van der Waals surface area contributed by atoms with Gasteiger partial charge in [0.2, 0.25) is 5.91 Å².